The fourth-order valence-corrected chi connectivity index (χ4v) is 1.55. The van der Waals surface area contributed by atoms with Crippen LogP contribution < -0.4 is 15.2 Å². The summed E-state index contributed by atoms with van der Waals surface area (Å²) >= 11 is 0. The van der Waals surface area contributed by atoms with Crippen molar-refractivity contribution in [3.05, 3.63) is 27.8 Å². The van der Waals surface area contributed by atoms with Crippen molar-refractivity contribution in [2.24, 2.45) is 11.7 Å². The summed E-state index contributed by atoms with van der Waals surface area (Å²) < 4.78 is 10.8. The van der Waals surface area contributed by atoms with Crippen molar-refractivity contribution in [2.45, 2.75) is 26.8 Å². The molecule has 0 heterocycles. The van der Waals surface area contributed by atoms with Gasteiger partial charge in [0.15, 0.2) is 11.5 Å². The molecule has 0 aliphatic rings. The first kappa shape index (κ1) is 15.2. The molecule has 0 aromatic heterocycles. The largest absolute Gasteiger partial charge is 0.493 e. The van der Waals surface area contributed by atoms with Gasteiger partial charge in [0.2, 0.25) is 0 Å². The molecule has 0 radical (unpaired) electrons. The molecule has 0 spiro atoms. The van der Waals surface area contributed by atoms with E-state index in [2.05, 4.69) is 13.8 Å². The molecule has 1 atom stereocenters. The van der Waals surface area contributed by atoms with Crippen LogP contribution in [0, 0.1) is 16.0 Å². The lowest BCUT2D eigenvalue weighted by Gasteiger charge is -2.14. The lowest BCUT2D eigenvalue weighted by atomic mass is 10.1. The summed E-state index contributed by atoms with van der Waals surface area (Å²) in [6.45, 7) is 4.69. The van der Waals surface area contributed by atoms with E-state index in [-0.39, 0.29) is 12.2 Å². The van der Waals surface area contributed by atoms with Crippen molar-refractivity contribution in [3.8, 4) is 11.5 Å². The Hall–Kier alpha value is -1.82. The van der Waals surface area contributed by atoms with Crippen molar-refractivity contribution in [1.29, 1.82) is 0 Å². The van der Waals surface area contributed by atoms with Gasteiger partial charge in [-0.1, -0.05) is 20.3 Å². The van der Waals surface area contributed by atoms with Crippen molar-refractivity contribution in [3.63, 3.8) is 0 Å². The number of nitro groups is 1. The van der Waals surface area contributed by atoms with E-state index in [1.165, 1.54) is 13.2 Å². The van der Waals surface area contributed by atoms with Gasteiger partial charge in [0.25, 0.3) is 5.69 Å². The highest BCUT2D eigenvalue weighted by atomic mass is 16.6. The number of rotatable bonds is 7. The van der Waals surface area contributed by atoms with Gasteiger partial charge in [-0.05, 0) is 12.0 Å². The van der Waals surface area contributed by atoms with Crippen LogP contribution in [0.25, 0.3) is 0 Å². The summed E-state index contributed by atoms with van der Waals surface area (Å²) in [5.74, 6) is 1.22. The number of benzene rings is 1. The third-order valence-corrected chi connectivity index (χ3v) is 3.00. The van der Waals surface area contributed by atoms with E-state index >= 15 is 0 Å². The predicted octanol–water partition coefficient (Wildman–Crippen LogP) is 2.49. The van der Waals surface area contributed by atoms with Crippen LogP contribution in [0.4, 0.5) is 5.69 Å². The van der Waals surface area contributed by atoms with Crippen LogP contribution in [-0.4, -0.2) is 18.6 Å². The molecule has 1 unspecified atom stereocenters. The molecule has 6 nitrogen and oxygen atoms in total. The van der Waals surface area contributed by atoms with Crippen LogP contribution in [0.5, 0.6) is 11.5 Å². The highest BCUT2D eigenvalue weighted by molar-refractivity contribution is 5.54. The number of hydrogen-bond donors (Lipinski definition) is 1. The van der Waals surface area contributed by atoms with Gasteiger partial charge < -0.3 is 15.2 Å². The molecule has 2 N–H and O–H groups in total. The maximum absolute atomic E-state index is 11.0. The van der Waals surface area contributed by atoms with Crippen molar-refractivity contribution >= 4 is 5.69 Å². The fraction of sp³-hybridized carbons (Fsp3) is 0.538. The quantitative estimate of drug-likeness (QED) is 0.606. The van der Waals surface area contributed by atoms with Gasteiger partial charge in [-0.3, -0.25) is 10.1 Å². The van der Waals surface area contributed by atoms with Gasteiger partial charge in [0.1, 0.15) is 0 Å². The molecule has 1 aromatic carbocycles. The van der Waals surface area contributed by atoms with Gasteiger partial charge >= 0.3 is 0 Å². The Morgan fingerprint density at radius 2 is 2.11 bits per heavy atom. The van der Waals surface area contributed by atoms with Crippen LogP contribution in [0.2, 0.25) is 0 Å². The second kappa shape index (κ2) is 6.94. The van der Waals surface area contributed by atoms with E-state index in [1.807, 2.05) is 0 Å². The normalized spacial score (nSPS) is 12.0. The summed E-state index contributed by atoms with van der Waals surface area (Å²) in [5, 5.41) is 11.0. The molecule has 106 valence electrons. The van der Waals surface area contributed by atoms with Crippen LogP contribution in [0.3, 0.4) is 0 Å². The minimum absolute atomic E-state index is 0.0394. The molecule has 0 amide bonds. The standard InChI is InChI=1S/C13H20N2O4/c1-4-9(2)8-19-13-6-11(15(16)17)10(7-14)5-12(13)18-3/h5-6,9H,4,7-8,14H2,1-3H3. The molecular weight excluding hydrogens is 248 g/mol. The smallest absolute Gasteiger partial charge is 0.277 e. The molecule has 1 aromatic rings. The van der Waals surface area contributed by atoms with Crippen LogP contribution in [0.1, 0.15) is 25.8 Å². The number of methoxy groups -OCH3 is 1. The molecule has 0 saturated heterocycles. The van der Waals surface area contributed by atoms with E-state index in [4.69, 9.17) is 15.2 Å². The zero-order valence-corrected chi connectivity index (χ0v) is 11.5. The van der Waals surface area contributed by atoms with Crippen molar-refractivity contribution < 1.29 is 14.4 Å². The van der Waals surface area contributed by atoms with E-state index in [9.17, 15) is 10.1 Å². The Morgan fingerprint density at radius 1 is 1.42 bits per heavy atom. The van der Waals surface area contributed by atoms with Gasteiger partial charge in [-0.2, -0.15) is 0 Å². The summed E-state index contributed by atoms with van der Waals surface area (Å²) in [4.78, 5) is 10.5. The van der Waals surface area contributed by atoms with Crippen molar-refractivity contribution in [1.82, 2.24) is 0 Å². The number of nitrogens with zero attached hydrogens (tertiary/aromatic N) is 1. The molecule has 1 rings (SSSR count). The topological polar surface area (TPSA) is 87.6 Å². The minimum Gasteiger partial charge on any atom is -0.493 e. The van der Waals surface area contributed by atoms with Gasteiger partial charge in [0, 0.05) is 12.1 Å². The second-order valence-corrected chi connectivity index (χ2v) is 4.42. The molecule has 0 aliphatic carbocycles. The number of nitrogens with two attached hydrogens (primary N) is 1. The molecule has 0 saturated carbocycles. The predicted molar refractivity (Wildman–Crippen MR) is 72.5 cm³/mol. The summed E-state index contributed by atoms with van der Waals surface area (Å²) in [6, 6.07) is 2.94. The van der Waals surface area contributed by atoms with E-state index in [0.717, 1.165) is 6.42 Å². The lowest BCUT2D eigenvalue weighted by molar-refractivity contribution is -0.385. The number of ether oxygens (including phenoxy) is 2. The summed E-state index contributed by atoms with van der Waals surface area (Å²) in [6.07, 6.45) is 0.977. The third-order valence-electron chi connectivity index (χ3n) is 3.00. The monoisotopic (exact) mass is 268 g/mol. The van der Waals surface area contributed by atoms with E-state index in [1.54, 1.807) is 6.07 Å². The SMILES string of the molecule is CCC(C)COc1cc([N+](=O)[O-])c(CN)cc1OC. The van der Waals surface area contributed by atoms with Gasteiger partial charge in [-0.25, -0.2) is 0 Å². The first-order valence-corrected chi connectivity index (χ1v) is 6.21. The van der Waals surface area contributed by atoms with E-state index in [0.29, 0.717) is 29.6 Å². The molecule has 6 heteroatoms. The first-order valence-electron chi connectivity index (χ1n) is 6.21. The molecule has 0 fully saturated rings. The highest BCUT2D eigenvalue weighted by Crippen LogP contribution is 2.34. The van der Waals surface area contributed by atoms with Crippen LogP contribution >= 0.6 is 0 Å². The molecule has 19 heavy (non-hydrogen) atoms. The fourth-order valence-electron chi connectivity index (χ4n) is 1.55. The van der Waals surface area contributed by atoms with Crippen LogP contribution in [-0.2, 0) is 6.54 Å². The molecule has 0 bridgehead atoms. The average molecular weight is 268 g/mol. The maximum atomic E-state index is 11.0. The Balaban J connectivity index is 3.07. The lowest BCUT2D eigenvalue weighted by Crippen LogP contribution is -2.09. The highest BCUT2D eigenvalue weighted by Gasteiger charge is 2.19. The Morgan fingerprint density at radius 3 is 2.58 bits per heavy atom. The average Bonchev–Trinajstić information content (AvgIpc) is 2.43. The van der Waals surface area contributed by atoms with Gasteiger partial charge in [-0.15, -0.1) is 0 Å². The Bertz CT molecular complexity index is 449. The Labute approximate surface area is 112 Å². The van der Waals surface area contributed by atoms with Crippen LogP contribution in [0.15, 0.2) is 12.1 Å². The number of nitro benzene ring substituents is 1. The maximum Gasteiger partial charge on any atom is 0.277 e. The first-order chi connectivity index (χ1) is 9.03. The zero-order chi connectivity index (χ0) is 14.4. The summed E-state index contributed by atoms with van der Waals surface area (Å²) in [5.41, 5.74) is 5.89. The summed E-state index contributed by atoms with van der Waals surface area (Å²) in [7, 11) is 1.50. The van der Waals surface area contributed by atoms with Crippen molar-refractivity contribution in [2.75, 3.05) is 13.7 Å². The minimum atomic E-state index is -0.461. The second-order valence-electron chi connectivity index (χ2n) is 4.42. The third kappa shape index (κ3) is 3.82. The Kier molecular flexibility index (Phi) is 5.57. The number of hydrogen-bond acceptors (Lipinski definition) is 5. The van der Waals surface area contributed by atoms with Gasteiger partial charge in [0.05, 0.1) is 24.7 Å². The zero-order valence-electron chi connectivity index (χ0n) is 11.5. The molecule has 0 aliphatic heterocycles. The van der Waals surface area contributed by atoms with E-state index < -0.39 is 4.92 Å². The molecular formula is C13H20N2O4.